The average molecular weight is 555 g/mol. The van der Waals surface area contributed by atoms with Gasteiger partial charge in [-0.15, -0.1) is 11.3 Å². The highest BCUT2D eigenvalue weighted by Gasteiger charge is 2.25. The predicted octanol–water partition coefficient (Wildman–Crippen LogP) is 5.63. The Morgan fingerprint density at radius 2 is 2.15 bits per heavy atom. The lowest BCUT2D eigenvalue weighted by Gasteiger charge is -2.29. The maximum atomic E-state index is 11.5. The number of carboxylic acid groups (broad SMARTS) is 1. The molecule has 0 radical (unpaired) electrons. The predicted molar refractivity (Wildman–Crippen MR) is 153 cm³/mol. The molecule has 2 aliphatic rings. The Bertz CT molecular complexity index is 1640. The van der Waals surface area contributed by atoms with Crippen LogP contribution in [0.1, 0.15) is 50.6 Å². The summed E-state index contributed by atoms with van der Waals surface area (Å²) < 4.78 is 13.9. The monoisotopic (exact) mass is 554 g/mol. The Labute approximate surface area is 236 Å². The average Bonchev–Trinajstić information content (AvgIpc) is 3.49. The molecule has 2 aromatic carbocycles. The van der Waals surface area contributed by atoms with Crippen LogP contribution in [0.25, 0.3) is 15.9 Å². The van der Waals surface area contributed by atoms with Crippen LogP contribution in [0.15, 0.2) is 54.6 Å². The molecule has 9 heteroatoms. The van der Waals surface area contributed by atoms with Crippen molar-refractivity contribution in [3.05, 3.63) is 87.6 Å². The second kappa shape index (κ2) is 11.3. The number of benzene rings is 2. The molecular weight excluding hydrogens is 524 g/mol. The van der Waals surface area contributed by atoms with Gasteiger partial charge in [0.25, 0.3) is 0 Å². The van der Waals surface area contributed by atoms with Gasteiger partial charge in [-0.3, -0.25) is 4.90 Å². The van der Waals surface area contributed by atoms with E-state index in [0.717, 1.165) is 65.6 Å². The minimum Gasteiger partial charge on any atom is -0.489 e. The molecule has 0 amide bonds. The Hall–Kier alpha value is -3.97. The summed E-state index contributed by atoms with van der Waals surface area (Å²) in [5.74, 6) is 0.869. The molecule has 1 saturated heterocycles. The number of hydrogen-bond donors (Lipinski definition) is 1. The number of carbonyl (C=O) groups is 1. The number of aryl methyl sites for hydroxylation is 1. The Morgan fingerprint density at radius 1 is 1.27 bits per heavy atom. The molecule has 6 rings (SSSR count). The van der Waals surface area contributed by atoms with Crippen LogP contribution in [-0.4, -0.2) is 51.3 Å². The van der Waals surface area contributed by atoms with Gasteiger partial charge in [0.1, 0.15) is 33.4 Å². The van der Waals surface area contributed by atoms with Gasteiger partial charge in [-0.1, -0.05) is 24.3 Å². The second-order valence-electron chi connectivity index (χ2n) is 10.3. The van der Waals surface area contributed by atoms with E-state index < -0.39 is 5.97 Å². The van der Waals surface area contributed by atoms with E-state index in [0.29, 0.717) is 30.1 Å². The van der Waals surface area contributed by atoms with Crippen LogP contribution in [0.3, 0.4) is 0 Å². The number of carboxylic acids is 1. The Balaban J connectivity index is 1.12. The van der Waals surface area contributed by atoms with E-state index in [1.165, 1.54) is 22.5 Å². The number of ether oxygens (including phenoxy) is 2. The third-order valence-corrected chi connectivity index (χ3v) is 8.75. The topological polar surface area (TPSA) is 101 Å². The molecule has 1 unspecified atom stereocenters. The molecule has 2 aromatic heterocycles. The van der Waals surface area contributed by atoms with Crippen LogP contribution in [-0.2, 0) is 24.4 Å². The van der Waals surface area contributed by atoms with Gasteiger partial charge in [-0.25, -0.2) is 9.78 Å². The van der Waals surface area contributed by atoms with Crippen LogP contribution in [0.2, 0.25) is 0 Å². The van der Waals surface area contributed by atoms with Crippen molar-refractivity contribution in [2.45, 2.75) is 45.6 Å². The molecule has 8 nitrogen and oxygen atoms in total. The fourth-order valence-corrected chi connectivity index (χ4v) is 6.16. The highest BCUT2D eigenvalue weighted by atomic mass is 32.1. The molecule has 0 spiro atoms. The molecule has 0 bridgehead atoms. The SMILES string of the molecule is Cc1cc(C#N)ccc1COc1cccc(C2=CCN(Cc3nc4cc(C(=O)O)sc4n3CC3CCO3)CC2)c1. The van der Waals surface area contributed by atoms with Gasteiger partial charge in [0.05, 0.1) is 30.8 Å². The normalized spacial score (nSPS) is 17.3. The van der Waals surface area contributed by atoms with Gasteiger partial charge in [-0.05, 0) is 72.4 Å². The van der Waals surface area contributed by atoms with Crippen molar-refractivity contribution in [2.24, 2.45) is 0 Å². The number of rotatable bonds is 9. The first kappa shape index (κ1) is 26.3. The first-order valence-electron chi connectivity index (χ1n) is 13.4. The van der Waals surface area contributed by atoms with E-state index in [-0.39, 0.29) is 6.10 Å². The quantitative estimate of drug-likeness (QED) is 0.286. The van der Waals surface area contributed by atoms with Gasteiger partial charge in [0.2, 0.25) is 0 Å². The van der Waals surface area contributed by atoms with Gasteiger partial charge in [0.15, 0.2) is 0 Å². The standard InChI is InChI=1S/C31H30N4O4S/c1-20-13-21(16-32)5-6-24(20)19-39-25-4-2-3-23(14-25)22-7-10-34(11-8-22)18-29-33-27-15-28(31(36)37)40-30(27)35(29)17-26-9-12-38-26/h2-7,13-15,26H,8-12,17-19H2,1H3,(H,36,37). The van der Waals surface area contributed by atoms with Crippen LogP contribution >= 0.6 is 11.3 Å². The zero-order chi connectivity index (χ0) is 27.6. The van der Waals surface area contributed by atoms with Crippen molar-refractivity contribution < 1.29 is 19.4 Å². The van der Waals surface area contributed by atoms with E-state index in [4.69, 9.17) is 19.7 Å². The fraction of sp³-hybridized carbons (Fsp3) is 0.323. The summed E-state index contributed by atoms with van der Waals surface area (Å²) in [5.41, 5.74) is 5.99. The minimum atomic E-state index is -0.913. The maximum absolute atomic E-state index is 11.5. The molecule has 0 aliphatic carbocycles. The summed E-state index contributed by atoms with van der Waals surface area (Å²) >= 11 is 1.29. The summed E-state index contributed by atoms with van der Waals surface area (Å²) in [4.78, 5) is 19.9. The summed E-state index contributed by atoms with van der Waals surface area (Å²) in [6.45, 7) is 6.36. The van der Waals surface area contributed by atoms with Crippen molar-refractivity contribution in [2.75, 3.05) is 19.7 Å². The van der Waals surface area contributed by atoms with Gasteiger partial charge < -0.3 is 19.1 Å². The number of nitrogens with zero attached hydrogens (tertiary/aromatic N) is 4. The first-order chi connectivity index (χ1) is 19.5. The molecule has 0 saturated carbocycles. The highest BCUT2D eigenvalue weighted by Crippen LogP contribution is 2.31. The van der Waals surface area contributed by atoms with Crippen LogP contribution in [0.4, 0.5) is 0 Å². The summed E-state index contributed by atoms with van der Waals surface area (Å²) in [7, 11) is 0. The molecule has 204 valence electrons. The number of hydrogen-bond acceptors (Lipinski definition) is 7. The number of aromatic carboxylic acids is 1. The van der Waals surface area contributed by atoms with Crippen LogP contribution in [0.5, 0.6) is 5.75 Å². The third-order valence-electron chi connectivity index (χ3n) is 7.62. The lowest BCUT2D eigenvalue weighted by atomic mass is 9.99. The fourth-order valence-electron chi connectivity index (χ4n) is 5.20. The zero-order valence-corrected chi connectivity index (χ0v) is 23.1. The molecule has 4 aromatic rings. The molecule has 1 atom stereocenters. The number of fused-ring (bicyclic) bond motifs is 1. The molecule has 1 N–H and O–H groups in total. The Kier molecular flexibility index (Phi) is 7.39. The number of imidazole rings is 1. The largest absolute Gasteiger partial charge is 0.489 e. The minimum absolute atomic E-state index is 0.162. The lowest BCUT2D eigenvalue weighted by molar-refractivity contribution is -0.0591. The summed E-state index contributed by atoms with van der Waals surface area (Å²) in [6, 6.07) is 17.7. The summed E-state index contributed by atoms with van der Waals surface area (Å²) in [6.07, 6.45) is 4.37. The molecular formula is C31H30N4O4S. The molecule has 40 heavy (non-hydrogen) atoms. The van der Waals surface area contributed by atoms with Crippen LogP contribution in [0, 0.1) is 18.3 Å². The highest BCUT2D eigenvalue weighted by molar-refractivity contribution is 7.20. The third kappa shape index (κ3) is 5.52. The molecule has 2 aliphatic heterocycles. The molecule has 1 fully saturated rings. The lowest BCUT2D eigenvalue weighted by Crippen LogP contribution is -2.33. The number of thiophene rings is 1. The molecule has 4 heterocycles. The van der Waals surface area contributed by atoms with Crippen molar-refractivity contribution >= 4 is 33.2 Å². The van der Waals surface area contributed by atoms with Gasteiger partial charge >= 0.3 is 5.97 Å². The van der Waals surface area contributed by atoms with Gasteiger partial charge in [0, 0.05) is 19.7 Å². The van der Waals surface area contributed by atoms with Crippen molar-refractivity contribution in [1.29, 1.82) is 5.26 Å². The second-order valence-corrected chi connectivity index (χ2v) is 11.3. The van der Waals surface area contributed by atoms with Crippen molar-refractivity contribution in [3.63, 3.8) is 0 Å². The van der Waals surface area contributed by atoms with Crippen molar-refractivity contribution in [3.8, 4) is 11.8 Å². The van der Waals surface area contributed by atoms with E-state index in [2.05, 4.69) is 33.7 Å². The van der Waals surface area contributed by atoms with E-state index in [9.17, 15) is 9.90 Å². The van der Waals surface area contributed by atoms with E-state index in [1.807, 2.05) is 37.3 Å². The first-order valence-corrected chi connectivity index (χ1v) is 14.3. The van der Waals surface area contributed by atoms with E-state index in [1.54, 1.807) is 6.07 Å². The summed E-state index contributed by atoms with van der Waals surface area (Å²) in [5, 5.41) is 18.5. The number of nitriles is 1. The van der Waals surface area contributed by atoms with E-state index >= 15 is 0 Å². The number of aromatic nitrogens is 2. The van der Waals surface area contributed by atoms with Crippen molar-refractivity contribution in [1.82, 2.24) is 14.5 Å². The zero-order valence-electron chi connectivity index (χ0n) is 22.3. The van der Waals surface area contributed by atoms with Gasteiger partial charge in [-0.2, -0.15) is 5.26 Å². The Morgan fingerprint density at radius 3 is 2.85 bits per heavy atom. The maximum Gasteiger partial charge on any atom is 0.346 e. The van der Waals surface area contributed by atoms with Crippen LogP contribution < -0.4 is 4.74 Å². The smallest absolute Gasteiger partial charge is 0.346 e.